The maximum Gasteiger partial charge on any atom is 0.228 e. The van der Waals surface area contributed by atoms with Gasteiger partial charge in [-0.1, -0.05) is 13.8 Å². The van der Waals surface area contributed by atoms with Crippen LogP contribution in [-0.2, 0) is 9.53 Å². The van der Waals surface area contributed by atoms with Gasteiger partial charge in [0.05, 0.1) is 12.5 Å². The summed E-state index contributed by atoms with van der Waals surface area (Å²) < 4.78 is 5.08. The van der Waals surface area contributed by atoms with E-state index in [2.05, 4.69) is 19.2 Å². The molecule has 4 heteroatoms. The van der Waals surface area contributed by atoms with Crippen LogP contribution in [0.5, 0.6) is 0 Å². The van der Waals surface area contributed by atoms with Crippen molar-refractivity contribution in [2.24, 2.45) is 5.92 Å². The van der Waals surface area contributed by atoms with Crippen molar-refractivity contribution in [1.82, 2.24) is 10.2 Å². The number of carbonyl (C=O) groups excluding carboxylic acids is 1. The predicted octanol–water partition coefficient (Wildman–Crippen LogP) is 0.869. The number of hydrogen-bond donors (Lipinski definition) is 1. The van der Waals surface area contributed by atoms with E-state index in [0.717, 1.165) is 32.5 Å². The summed E-state index contributed by atoms with van der Waals surface area (Å²) in [5.41, 5.74) is 0. The van der Waals surface area contributed by atoms with E-state index < -0.39 is 0 Å². The number of rotatable bonds is 7. The van der Waals surface area contributed by atoms with Crippen LogP contribution >= 0.6 is 0 Å². The standard InChI is InChI=1S/C12H24N2O2/c1-4-11(5-2)14(6-7-16-3)12(15)10-8-13-9-10/h10-11,13H,4-9H2,1-3H3. The van der Waals surface area contributed by atoms with E-state index in [-0.39, 0.29) is 5.92 Å². The lowest BCUT2D eigenvalue weighted by atomic mass is 9.99. The number of amides is 1. The molecule has 94 valence electrons. The van der Waals surface area contributed by atoms with Gasteiger partial charge in [0.2, 0.25) is 5.91 Å². The minimum absolute atomic E-state index is 0.192. The van der Waals surface area contributed by atoms with Gasteiger partial charge in [0.15, 0.2) is 0 Å². The third-order valence-electron chi connectivity index (χ3n) is 3.33. The number of carbonyl (C=O) groups is 1. The third-order valence-corrected chi connectivity index (χ3v) is 3.33. The summed E-state index contributed by atoms with van der Waals surface area (Å²) in [4.78, 5) is 14.2. The van der Waals surface area contributed by atoms with Gasteiger partial charge < -0.3 is 15.0 Å². The van der Waals surface area contributed by atoms with Crippen molar-refractivity contribution in [2.45, 2.75) is 32.7 Å². The van der Waals surface area contributed by atoms with E-state index in [1.165, 1.54) is 0 Å². The molecular weight excluding hydrogens is 204 g/mol. The highest BCUT2D eigenvalue weighted by Gasteiger charge is 2.31. The highest BCUT2D eigenvalue weighted by atomic mass is 16.5. The summed E-state index contributed by atoms with van der Waals surface area (Å²) in [7, 11) is 1.68. The summed E-state index contributed by atoms with van der Waals surface area (Å²) in [6.45, 7) is 7.30. The highest BCUT2D eigenvalue weighted by molar-refractivity contribution is 5.80. The monoisotopic (exact) mass is 228 g/mol. The molecule has 0 aliphatic carbocycles. The second-order valence-corrected chi connectivity index (χ2v) is 4.35. The molecule has 0 aromatic carbocycles. The highest BCUT2D eigenvalue weighted by Crippen LogP contribution is 2.15. The van der Waals surface area contributed by atoms with E-state index >= 15 is 0 Å². The second kappa shape index (κ2) is 6.86. The molecule has 0 unspecified atom stereocenters. The first-order chi connectivity index (χ1) is 7.74. The molecule has 1 heterocycles. The molecule has 0 aromatic rings. The van der Waals surface area contributed by atoms with E-state index in [4.69, 9.17) is 4.74 Å². The summed E-state index contributed by atoms with van der Waals surface area (Å²) in [6.07, 6.45) is 2.04. The molecule has 1 N–H and O–H groups in total. The first kappa shape index (κ1) is 13.5. The zero-order valence-corrected chi connectivity index (χ0v) is 10.7. The van der Waals surface area contributed by atoms with Gasteiger partial charge in [0, 0.05) is 32.8 Å². The Bertz CT molecular complexity index is 213. The van der Waals surface area contributed by atoms with Crippen molar-refractivity contribution in [3.8, 4) is 0 Å². The van der Waals surface area contributed by atoms with Crippen LogP contribution in [0.15, 0.2) is 0 Å². The Morgan fingerprint density at radius 2 is 2.06 bits per heavy atom. The molecule has 0 aromatic heterocycles. The third kappa shape index (κ3) is 3.19. The Hall–Kier alpha value is -0.610. The Labute approximate surface area is 98.3 Å². The van der Waals surface area contributed by atoms with Crippen molar-refractivity contribution in [2.75, 3.05) is 33.4 Å². The van der Waals surface area contributed by atoms with Gasteiger partial charge in [0.1, 0.15) is 0 Å². The fourth-order valence-corrected chi connectivity index (χ4v) is 2.09. The zero-order valence-electron chi connectivity index (χ0n) is 10.7. The van der Waals surface area contributed by atoms with Crippen LogP contribution in [0, 0.1) is 5.92 Å². The van der Waals surface area contributed by atoms with Crippen molar-refractivity contribution in [1.29, 1.82) is 0 Å². The van der Waals surface area contributed by atoms with Crippen LogP contribution in [0.25, 0.3) is 0 Å². The summed E-state index contributed by atoms with van der Waals surface area (Å²) in [5.74, 6) is 0.488. The van der Waals surface area contributed by atoms with Gasteiger partial charge in [-0.3, -0.25) is 4.79 Å². The Balaban J connectivity index is 2.56. The Morgan fingerprint density at radius 1 is 1.44 bits per heavy atom. The molecule has 0 atom stereocenters. The van der Waals surface area contributed by atoms with Gasteiger partial charge in [-0.25, -0.2) is 0 Å². The maximum atomic E-state index is 12.2. The van der Waals surface area contributed by atoms with Crippen molar-refractivity contribution in [3.63, 3.8) is 0 Å². The Kier molecular flexibility index (Phi) is 5.77. The van der Waals surface area contributed by atoms with Crippen molar-refractivity contribution in [3.05, 3.63) is 0 Å². The van der Waals surface area contributed by atoms with E-state index in [0.29, 0.717) is 18.6 Å². The molecule has 0 radical (unpaired) electrons. The van der Waals surface area contributed by atoms with Crippen LogP contribution in [0.4, 0.5) is 0 Å². The molecule has 1 amide bonds. The molecule has 1 saturated heterocycles. The fraction of sp³-hybridized carbons (Fsp3) is 0.917. The van der Waals surface area contributed by atoms with Gasteiger partial charge in [-0.05, 0) is 12.8 Å². The van der Waals surface area contributed by atoms with Gasteiger partial charge >= 0.3 is 0 Å². The second-order valence-electron chi connectivity index (χ2n) is 4.35. The number of nitrogens with one attached hydrogen (secondary N) is 1. The van der Waals surface area contributed by atoms with Gasteiger partial charge in [-0.2, -0.15) is 0 Å². The molecule has 1 fully saturated rings. The SMILES string of the molecule is CCC(CC)N(CCOC)C(=O)C1CNC1. The van der Waals surface area contributed by atoms with Crippen LogP contribution in [0.1, 0.15) is 26.7 Å². The summed E-state index contributed by atoms with van der Waals surface area (Å²) >= 11 is 0. The predicted molar refractivity (Wildman–Crippen MR) is 64.3 cm³/mol. The molecule has 1 rings (SSSR count). The Morgan fingerprint density at radius 3 is 2.44 bits per heavy atom. The molecule has 1 aliphatic rings. The minimum atomic E-state index is 0.192. The molecule has 1 aliphatic heterocycles. The number of ether oxygens (including phenoxy) is 1. The number of nitrogens with zero attached hydrogens (tertiary/aromatic N) is 1. The van der Waals surface area contributed by atoms with E-state index in [1.807, 2.05) is 4.90 Å². The lowest BCUT2D eigenvalue weighted by molar-refractivity contribution is -0.140. The quantitative estimate of drug-likeness (QED) is 0.703. The van der Waals surface area contributed by atoms with Crippen LogP contribution in [-0.4, -0.2) is 50.2 Å². The summed E-state index contributed by atoms with van der Waals surface area (Å²) in [5, 5.41) is 3.15. The molecule has 0 spiro atoms. The number of hydrogen-bond acceptors (Lipinski definition) is 3. The van der Waals surface area contributed by atoms with Crippen LogP contribution < -0.4 is 5.32 Å². The largest absolute Gasteiger partial charge is 0.383 e. The molecule has 4 nitrogen and oxygen atoms in total. The van der Waals surface area contributed by atoms with Crippen molar-refractivity contribution < 1.29 is 9.53 Å². The maximum absolute atomic E-state index is 12.2. The normalized spacial score (nSPS) is 16.2. The first-order valence-corrected chi connectivity index (χ1v) is 6.24. The molecule has 0 bridgehead atoms. The molecular formula is C12H24N2O2. The lowest BCUT2D eigenvalue weighted by Gasteiger charge is -2.36. The zero-order chi connectivity index (χ0) is 12.0. The van der Waals surface area contributed by atoms with Crippen molar-refractivity contribution >= 4 is 5.91 Å². The van der Waals surface area contributed by atoms with Crippen LogP contribution in [0.2, 0.25) is 0 Å². The van der Waals surface area contributed by atoms with Gasteiger partial charge in [0.25, 0.3) is 0 Å². The fourth-order valence-electron chi connectivity index (χ4n) is 2.09. The van der Waals surface area contributed by atoms with Gasteiger partial charge in [-0.15, -0.1) is 0 Å². The average molecular weight is 228 g/mol. The number of methoxy groups -OCH3 is 1. The smallest absolute Gasteiger partial charge is 0.228 e. The van der Waals surface area contributed by atoms with E-state index in [9.17, 15) is 4.79 Å². The molecule has 0 saturated carbocycles. The lowest BCUT2D eigenvalue weighted by Crippen LogP contribution is -2.54. The minimum Gasteiger partial charge on any atom is -0.383 e. The average Bonchev–Trinajstić information content (AvgIpc) is 2.21. The van der Waals surface area contributed by atoms with Crippen LogP contribution in [0.3, 0.4) is 0 Å². The molecule has 16 heavy (non-hydrogen) atoms. The first-order valence-electron chi connectivity index (χ1n) is 6.24. The summed E-state index contributed by atoms with van der Waals surface area (Å²) in [6, 6.07) is 0.364. The van der Waals surface area contributed by atoms with E-state index in [1.54, 1.807) is 7.11 Å². The topological polar surface area (TPSA) is 41.6 Å².